The quantitative estimate of drug-likeness (QED) is 0.585. The van der Waals surface area contributed by atoms with E-state index in [-0.39, 0.29) is 0 Å². The molecule has 1 N–H and O–H groups in total. The second kappa shape index (κ2) is 4.06. The molecule has 0 aromatic rings. The van der Waals surface area contributed by atoms with Crippen LogP contribution in [0.25, 0.3) is 0 Å². The summed E-state index contributed by atoms with van der Waals surface area (Å²) >= 11 is 0. The highest BCUT2D eigenvalue weighted by atomic mass is 15.2. The maximum Gasteiger partial charge on any atom is 0.0227 e. The average molecular weight is 166 g/mol. The van der Waals surface area contributed by atoms with Gasteiger partial charge in [-0.15, -0.1) is 0 Å². The van der Waals surface area contributed by atoms with Crippen LogP contribution >= 0.6 is 0 Å². The standard InChI is InChI=1S/C10H18N2/c1-2-6-11-9-10(5-1)12-7-3-4-8-12/h3-4,10-11H,1-2,5-9H2. The van der Waals surface area contributed by atoms with Crippen molar-refractivity contribution in [2.24, 2.45) is 0 Å². The largest absolute Gasteiger partial charge is 0.315 e. The Morgan fingerprint density at radius 3 is 2.83 bits per heavy atom. The number of nitrogens with zero attached hydrogens (tertiary/aromatic N) is 1. The molecule has 2 nitrogen and oxygen atoms in total. The number of nitrogens with one attached hydrogen (secondary N) is 1. The van der Waals surface area contributed by atoms with Gasteiger partial charge < -0.3 is 5.32 Å². The van der Waals surface area contributed by atoms with Crippen LogP contribution in [0.3, 0.4) is 0 Å². The van der Waals surface area contributed by atoms with Crippen molar-refractivity contribution in [2.45, 2.75) is 25.3 Å². The summed E-state index contributed by atoms with van der Waals surface area (Å²) in [6.07, 6.45) is 8.70. The van der Waals surface area contributed by atoms with E-state index in [4.69, 9.17) is 0 Å². The zero-order valence-corrected chi connectivity index (χ0v) is 7.63. The summed E-state index contributed by atoms with van der Waals surface area (Å²) in [5.74, 6) is 0. The van der Waals surface area contributed by atoms with Crippen molar-refractivity contribution < 1.29 is 0 Å². The first-order valence-corrected chi connectivity index (χ1v) is 5.06. The topological polar surface area (TPSA) is 15.3 Å². The van der Waals surface area contributed by atoms with Gasteiger partial charge in [-0.05, 0) is 19.4 Å². The molecule has 0 aliphatic carbocycles. The molecule has 12 heavy (non-hydrogen) atoms. The summed E-state index contributed by atoms with van der Waals surface area (Å²) in [5, 5.41) is 3.50. The summed E-state index contributed by atoms with van der Waals surface area (Å²) in [6, 6.07) is 0.794. The lowest BCUT2D eigenvalue weighted by molar-refractivity contribution is 0.240. The lowest BCUT2D eigenvalue weighted by atomic mass is 10.1. The van der Waals surface area contributed by atoms with E-state index in [0.29, 0.717) is 0 Å². The minimum absolute atomic E-state index is 0.794. The van der Waals surface area contributed by atoms with Crippen molar-refractivity contribution in [1.29, 1.82) is 0 Å². The summed E-state index contributed by atoms with van der Waals surface area (Å²) in [6.45, 7) is 4.76. The molecule has 1 unspecified atom stereocenters. The molecule has 0 saturated carbocycles. The molecular formula is C10H18N2. The Morgan fingerprint density at radius 1 is 1.17 bits per heavy atom. The molecule has 0 bridgehead atoms. The smallest absolute Gasteiger partial charge is 0.0227 e. The molecule has 2 rings (SSSR count). The van der Waals surface area contributed by atoms with Gasteiger partial charge in [0.05, 0.1) is 0 Å². The fourth-order valence-corrected chi connectivity index (χ4v) is 2.10. The Labute approximate surface area is 74.6 Å². The average Bonchev–Trinajstić information content (AvgIpc) is 2.48. The van der Waals surface area contributed by atoms with Gasteiger partial charge in [0.2, 0.25) is 0 Å². The van der Waals surface area contributed by atoms with Gasteiger partial charge >= 0.3 is 0 Å². The Morgan fingerprint density at radius 2 is 2.00 bits per heavy atom. The molecule has 0 radical (unpaired) electrons. The van der Waals surface area contributed by atoms with Gasteiger partial charge in [-0.2, -0.15) is 0 Å². The van der Waals surface area contributed by atoms with Crippen LogP contribution in [-0.4, -0.2) is 37.1 Å². The Kier molecular flexibility index (Phi) is 2.79. The molecule has 68 valence electrons. The Hall–Kier alpha value is -0.340. The van der Waals surface area contributed by atoms with Crippen molar-refractivity contribution >= 4 is 0 Å². The van der Waals surface area contributed by atoms with Gasteiger partial charge in [-0.3, -0.25) is 4.90 Å². The van der Waals surface area contributed by atoms with Crippen molar-refractivity contribution in [3.63, 3.8) is 0 Å². The van der Waals surface area contributed by atoms with Crippen LogP contribution in [0.4, 0.5) is 0 Å². The minimum Gasteiger partial charge on any atom is -0.315 e. The summed E-state index contributed by atoms with van der Waals surface area (Å²) < 4.78 is 0. The summed E-state index contributed by atoms with van der Waals surface area (Å²) in [4.78, 5) is 2.57. The molecule has 0 spiro atoms. The van der Waals surface area contributed by atoms with Gasteiger partial charge in [-0.1, -0.05) is 18.6 Å². The molecule has 2 aliphatic rings. The molecule has 2 aliphatic heterocycles. The second-order valence-corrected chi connectivity index (χ2v) is 3.78. The third-order valence-corrected chi connectivity index (χ3v) is 2.88. The van der Waals surface area contributed by atoms with Gasteiger partial charge in [0.25, 0.3) is 0 Å². The van der Waals surface area contributed by atoms with E-state index in [1.165, 1.54) is 45.4 Å². The monoisotopic (exact) mass is 166 g/mol. The van der Waals surface area contributed by atoms with Crippen LogP contribution < -0.4 is 5.32 Å². The molecule has 2 heteroatoms. The molecular weight excluding hydrogens is 148 g/mol. The van der Waals surface area contributed by atoms with Gasteiger partial charge in [0.1, 0.15) is 0 Å². The SMILES string of the molecule is C1=CCN(C2CCCCNC2)C1. The fourth-order valence-electron chi connectivity index (χ4n) is 2.10. The fraction of sp³-hybridized carbons (Fsp3) is 0.800. The highest BCUT2D eigenvalue weighted by Crippen LogP contribution is 2.13. The predicted molar refractivity (Wildman–Crippen MR) is 51.2 cm³/mol. The Balaban J connectivity index is 1.84. The van der Waals surface area contributed by atoms with Crippen LogP contribution in [-0.2, 0) is 0 Å². The molecule has 0 amide bonds. The zero-order valence-electron chi connectivity index (χ0n) is 7.63. The van der Waals surface area contributed by atoms with E-state index in [1.54, 1.807) is 0 Å². The second-order valence-electron chi connectivity index (χ2n) is 3.78. The van der Waals surface area contributed by atoms with E-state index in [0.717, 1.165) is 6.04 Å². The van der Waals surface area contributed by atoms with Crippen LogP contribution in [0.1, 0.15) is 19.3 Å². The third kappa shape index (κ3) is 1.87. The highest BCUT2D eigenvalue weighted by molar-refractivity contribution is 4.98. The first kappa shape index (κ1) is 8.27. The lowest BCUT2D eigenvalue weighted by Gasteiger charge is -2.25. The molecule has 1 atom stereocenters. The van der Waals surface area contributed by atoms with Crippen LogP contribution in [0.5, 0.6) is 0 Å². The third-order valence-electron chi connectivity index (χ3n) is 2.88. The first-order valence-electron chi connectivity index (χ1n) is 5.06. The number of hydrogen-bond acceptors (Lipinski definition) is 2. The summed E-state index contributed by atoms with van der Waals surface area (Å²) in [5.41, 5.74) is 0. The first-order chi connectivity index (χ1) is 5.97. The maximum atomic E-state index is 3.50. The van der Waals surface area contributed by atoms with Crippen LogP contribution in [0, 0.1) is 0 Å². The minimum atomic E-state index is 0.794. The van der Waals surface area contributed by atoms with Crippen molar-refractivity contribution in [3.05, 3.63) is 12.2 Å². The van der Waals surface area contributed by atoms with Gasteiger partial charge in [0.15, 0.2) is 0 Å². The molecule has 0 aromatic carbocycles. The number of hydrogen-bond donors (Lipinski definition) is 1. The van der Waals surface area contributed by atoms with E-state index in [1.807, 2.05) is 0 Å². The van der Waals surface area contributed by atoms with Crippen LogP contribution in [0.15, 0.2) is 12.2 Å². The zero-order chi connectivity index (χ0) is 8.23. The van der Waals surface area contributed by atoms with Crippen molar-refractivity contribution in [1.82, 2.24) is 10.2 Å². The maximum absolute atomic E-state index is 3.50. The van der Waals surface area contributed by atoms with E-state index >= 15 is 0 Å². The van der Waals surface area contributed by atoms with E-state index in [9.17, 15) is 0 Å². The van der Waals surface area contributed by atoms with Crippen LogP contribution in [0.2, 0.25) is 0 Å². The summed E-state index contributed by atoms with van der Waals surface area (Å²) in [7, 11) is 0. The lowest BCUT2D eigenvalue weighted by Crippen LogP contribution is -2.39. The molecule has 0 aromatic heterocycles. The molecule has 1 fully saturated rings. The van der Waals surface area contributed by atoms with E-state index < -0.39 is 0 Å². The van der Waals surface area contributed by atoms with Gasteiger partial charge in [0, 0.05) is 25.7 Å². The molecule has 1 saturated heterocycles. The van der Waals surface area contributed by atoms with Crippen molar-refractivity contribution in [3.8, 4) is 0 Å². The molecule has 2 heterocycles. The van der Waals surface area contributed by atoms with Crippen molar-refractivity contribution in [2.75, 3.05) is 26.2 Å². The van der Waals surface area contributed by atoms with E-state index in [2.05, 4.69) is 22.4 Å². The normalized spacial score (nSPS) is 32.2. The van der Waals surface area contributed by atoms with Gasteiger partial charge in [-0.25, -0.2) is 0 Å². The number of rotatable bonds is 1. The predicted octanol–water partition coefficient (Wildman–Crippen LogP) is 1.00. The highest BCUT2D eigenvalue weighted by Gasteiger charge is 2.19. The Bertz CT molecular complexity index is 149.